The van der Waals surface area contributed by atoms with Crippen LogP contribution in [0.1, 0.15) is 31.4 Å². The van der Waals surface area contributed by atoms with Gasteiger partial charge < -0.3 is 9.64 Å². The van der Waals surface area contributed by atoms with Gasteiger partial charge in [0.2, 0.25) is 5.95 Å². The minimum absolute atomic E-state index is 0.425. The molecule has 4 heteroatoms. The molecule has 2 atom stereocenters. The van der Waals surface area contributed by atoms with E-state index in [9.17, 15) is 0 Å². The van der Waals surface area contributed by atoms with E-state index in [2.05, 4.69) is 14.9 Å². The van der Waals surface area contributed by atoms with Crippen LogP contribution in [0.3, 0.4) is 0 Å². The minimum Gasteiger partial charge on any atom is -0.381 e. The number of methoxy groups -OCH3 is 1. The topological polar surface area (TPSA) is 38.2 Å². The summed E-state index contributed by atoms with van der Waals surface area (Å²) in [4.78, 5) is 11.4. The summed E-state index contributed by atoms with van der Waals surface area (Å²) in [6, 6.07) is 3.09. The van der Waals surface area contributed by atoms with E-state index in [1.165, 1.54) is 12.8 Å². The van der Waals surface area contributed by atoms with E-state index in [4.69, 9.17) is 4.74 Å². The molecule has 2 aliphatic rings. The second kappa shape index (κ2) is 4.26. The number of nitrogens with zero attached hydrogens (tertiary/aromatic N) is 3. The van der Waals surface area contributed by atoms with Crippen molar-refractivity contribution in [3.8, 4) is 0 Å². The number of aromatic nitrogens is 2. The Morgan fingerprint density at radius 3 is 2.59 bits per heavy atom. The van der Waals surface area contributed by atoms with Crippen LogP contribution in [0.4, 0.5) is 5.95 Å². The zero-order valence-corrected chi connectivity index (χ0v) is 10.5. The Morgan fingerprint density at radius 2 is 2.00 bits per heavy atom. The van der Waals surface area contributed by atoms with E-state index in [1.807, 2.05) is 26.3 Å². The van der Waals surface area contributed by atoms with Crippen molar-refractivity contribution in [1.29, 1.82) is 0 Å². The van der Waals surface area contributed by atoms with Gasteiger partial charge >= 0.3 is 0 Å². The fourth-order valence-electron chi connectivity index (χ4n) is 3.21. The highest BCUT2D eigenvalue weighted by atomic mass is 16.5. The van der Waals surface area contributed by atoms with Crippen molar-refractivity contribution in [3.05, 3.63) is 18.0 Å². The molecule has 2 unspecified atom stereocenters. The zero-order valence-electron chi connectivity index (χ0n) is 10.5. The monoisotopic (exact) mass is 233 g/mol. The van der Waals surface area contributed by atoms with Gasteiger partial charge in [0.25, 0.3) is 0 Å². The van der Waals surface area contributed by atoms with E-state index >= 15 is 0 Å². The predicted octanol–water partition coefficient (Wildman–Crippen LogP) is 1.93. The highest BCUT2D eigenvalue weighted by Gasteiger charge is 2.42. The van der Waals surface area contributed by atoms with Crippen LogP contribution in [0.25, 0.3) is 0 Å². The predicted molar refractivity (Wildman–Crippen MR) is 66.1 cm³/mol. The average molecular weight is 233 g/mol. The normalized spacial score (nSPS) is 31.9. The van der Waals surface area contributed by atoms with Gasteiger partial charge in [-0.25, -0.2) is 9.97 Å². The second-order valence-corrected chi connectivity index (χ2v) is 5.12. The van der Waals surface area contributed by atoms with E-state index in [1.54, 1.807) is 0 Å². The lowest BCUT2D eigenvalue weighted by molar-refractivity contribution is 0.0680. The molecule has 4 nitrogen and oxygen atoms in total. The first-order chi connectivity index (χ1) is 8.28. The Morgan fingerprint density at radius 1 is 1.29 bits per heavy atom. The zero-order chi connectivity index (χ0) is 11.8. The molecule has 1 aromatic rings. The van der Waals surface area contributed by atoms with Crippen LogP contribution in [0.15, 0.2) is 12.3 Å². The lowest BCUT2D eigenvalue weighted by Gasteiger charge is -2.38. The molecular formula is C13H19N3O. The highest BCUT2D eigenvalue weighted by Crippen LogP contribution is 2.38. The Balaban J connectivity index is 1.86. The van der Waals surface area contributed by atoms with Crippen LogP contribution in [-0.2, 0) is 4.74 Å². The van der Waals surface area contributed by atoms with Gasteiger partial charge in [0, 0.05) is 31.1 Å². The summed E-state index contributed by atoms with van der Waals surface area (Å²) >= 11 is 0. The van der Waals surface area contributed by atoms with Gasteiger partial charge in [-0.1, -0.05) is 0 Å². The van der Waals surface area contributed by atoms with Crippen molar-refractivity contribution in [2.45, 2.75) is 50.8 Å². The van der Waals surface area contributed by atoms with Crippen LogP contribution in [0.5, 0.6) is 0 Å². The molecule has 2 aliphatic heterocycles. The van der Waals surface area contributed by atoms with Crippen molar-refractivity contribution in [3.63, 3.8) is 0 Å². The Hall–Kier alpha value is -1.16. The Kier molecular flexibility index (Phi) is 2.74. The van der Waals surface area contributed by atoms with Crippen molar-refractivity contribution in [2.75, 3.05) is 12.0 Å². The fraction of sp³-hybridized carbons (Fsp3) is 0.692. The molecule has 3 rings (SSSR count). The largest absolute Gasteiger partial charge is 0.381 e. The van der Waals surface area contributed by atoms with Crippen molar-refractivity contribution >= 4 is 5.95 Å². The van der Waals surface area contributed by atoms with E-state index in [0.29, 0.717) is 18.2 Å². The van der Waals surface area contributed by atoms with Gasteiger partial charge in [-0.2, -0.15) is 0 Å². The number of piperidine rings is 1. The lowest BCUT2D eigenvalue weighted by Crippen LogP contribution is -2.46. The number of hydrogen-bond donors (Lipinski definition) is 0. The standard InChI is InChI=1S/C13H19N3O/c1-9-5-6-14-13(15-9)16-10-3-4-11(16)8-12(7-10)17-2/h5-6,10-12H,3-4,7-8H2,1-2H3. The van der Waals surface area contributed by atoms with Crippen molar-refractivity contribution in [2.24, 2.45) is 0 Å². The molecule has 0 amide bonds. The maximum absolute atomic E-state index is 5.51. The molecule has 0 N–H and O–H groups in total. The van der Waals surface area contributed by atoms with Gasteiger partial charge in [-0.05, 0) is 38.7 Å². The van der Waals surface area contributed by atoms with Crippen molar-refractivity contribution < 1.29 is 4.74 Å². The van der Waals surface area contributed by atoms with Gasteiger partial charge in [0.1, 0.15) is 0 Å². The molecule has 0 spiro atoms. The third-order valence-corrected chi connectivity index (χ3v) is 4.04. The number of ether oxygens (including phenoxy) is 1. The van der Waals surface area contributed by atoms with Crippen LogP contribution < -0.4 is 4.90 Å². The summed E-state index contributed by atoms with van der Waals surface area (Å²) in [5, 5.41) is 0. The molecule has 0 radical (unpaired) electrons. The lowest BCUT2D eigenvalue weighted by atomic mass is 10.0. The number of rotatable bonds is 2. The molecule has 17 heavy (non-hydrogen) atoms. The summed E-state index contributed by atoms with van der Waals surface area (Å²) in [5.41, 5.74) is 1.04. The second-order valence-electron chi connectivity index (χ2n) is 5.12. The van der Waals surface area contributed by atoms with Crippen molar-refractivity contribution in [1.82, 2.24) is 9.97 Å². The van der Waals surface area contributed by atoms with Gasteiger partial charge in [-0.15, -0.1) is 0 Å². The molecule has 3 heterocycles. The summed E-state index contributed by atoms with van der Waals surface area (Å²) in [7, 11) is 1.82. The fourth-order valence-corrected chi connectivity index (χ4v) is 3.21. The molecule has 2 fully saturated rings. The third-order valence-electron chi connectivity index (χ3n) is 4.04. The highest BCUT2D eigenvalue weighted by molar-refractivity contribution is 5.37. The van der Waals surface area contributed by atoms with E-state index in [-0.39, 0.29) is 0 Å². The molecule has 0 aromatic carbocycles. The quantitative estimate of drug-likeness (QED) is 0.782. The molecule has 0 saturated carbocycles. The number of hydrogen-bond acceptors (Lipinski definition) is 4. The summed E-state index contributed by atoms with van der Waals surface area (Å²) in [6.45, 7) is 2.02. The first-order valence-electron chi connectivity index (χ1n) is 6.38. The minimum atomic E-state index is 0.425. The van der Waals surface area contributed by atoms with Crippen LogP contribution in [0, 0.1) is 6.92 Å². The molecule has 2 bridgehead atoms. The van der Waals surface area contributed by atoms with Gasteiger partial charge in [0.05, 0.1) is 6.10 Å². The van der Waals surface area contributed by atoms with Crippen LogP contribution >= 0.6 is 0 Å². The Bertz CT molecular complexity index is 395. The maximum atomic E-state index is 5.51. The van der Waals surface area contributed by atoms with Crippen LogP contribution in [0.2, 0.25) is 0 Å². The number of anilines is 1. The number of aryl methyl sites for hydroxylation is 1. The summed E-state index contributed by atoms with van der Waals surface area (Å²) < 4.78 is 5.51. The average Bonchev–Trinajstić information content (AvgIpc) is 2.60. The summed E-state index contributed by atoms with van der Waals surface area (Å²) in [5.74, 6) is 0.909. The first-order valence-corrected chi connectivity index (χ1v) is 6.38. The molecular weight excluding hydrogens is 214 g/mol. The van der Waals surface area contributed by atoms with E-state index in [0.717, 1.165) is 24.5 Å². The smallest absolute Gasteiger partial charge is 0.226 e. The van der Waals surface area contributed by atoms with Crippen LogP contribution in [-0.4, -0.2) is 35.3 Å². The maximum Gasteiger partial charge on any atom is 0.226 e. The third kappa shape index (κ3) is 1.90. The van der Waals surface area contributed by atoms with Gasteiger partial charge in [0.15, 0.2) is 0 Å². The van der Waals surface area contributed by atoms with E-state index < -0.39 is 0 Å². The van der Waals surface area contributed by atoms with Gasteiger partial charge in [-0.3, -0.25) is 0 Å². The molecule has 1 aromatic heterocycles. The SMILES string of the molecule is COC1CC2CCC(C1)N2c1nccc(C)n1. The first kappa shape index (κ1) is 11.0. The number of fused-ring (bicyclic) bond motifs is 2. The molecule has 0 aliphatic carbocycles. The Labute approximate surface area is 102 Å². The molecule has 2 saturated heterocycles. The summed E-state index contributed by atoms with van der Waals surface area (Å²) in [6.07, 6.45) is 7.02. The molecule has 92 valence electrons.